The highest BCUT2D eigenvalue weighted by Gasteiger charge is 2.58. The summed E-state index contributed by atoms with van der Waals surface area (Å²) in [5, 5.41) is 12.9. The number of rotatable bonds is 3. The maximum atomic E-state index is 13.5. The molecule has 34 heavy (non-hydrogen) atoms. The fourth-order valence-corrected chi connectivity index (χ4v) is 4.67. The number of aromatic amines is 1. The van der Waals surface area contributed by atoms with Gasteiger partial charge in [-0.1, -0.05) is 0 Å². The number of hydrogen-bond acceptors (Lipinski definition) is 6. The number of pyridine rings is 2. The Labute approximate surface area is 192 Å². The summed E-state index contributed by atoms with van der Waals surface area (Å²) in [6.45, 7) is 3.32. The van der Waals surface area contributed by atoms with Crippen LogP contribution in [0, 0.1) is 6.92 Å². The van der Waals surface area contributed by atoms with Gasteiger partial charge in [0.1, 0.15) is 5.69 Å². The zero-order valence-electron chi connectivity index (χ0n) is 18.3. The fraction of sp³-hybridized carbons (Fsp3) is 0.409. The number of alkyl halides is 2. The molecule has 3 amide bonds. The Bertz CT molecular complexity index is 1330. The number of hydrogen-bond donors (Lipinski definition) is 3. The van der Waals surface area contributed by atoms with Crippen LogP contribution in [-0.4, -0.2) is 63.2 Å². The summed E-state index contributed by atoms with van der Waals surface area (Å²) in [6, 6.07) is 5.14. The van der Waals surface area contributed by atoms with Crippen LogP contribution in [-0.2, 0) is 0 Å². The van der Waals surface area contributed by atoms with E-state index < -0.39 is 23.9 Å². The molecule has 0 spiro atoms. The van der Waals surface area contributed by atoms with Gasteiger partial charge >= 0.3 is 6.03 Å². The third-order valence-electron chi connectivity index (χ3n) is 6.56. The van der Waals surface area contributed by atoms with Crippen molar-refractivity contribution in [1.82, 2.24) is 25.5 Å². The molecule has 1 saturated carbocycles. The Hall–Kier alpha value is -3.83. The minimum absolute atomic E-state index is 0.00896. The fourth-order valence-electron chi connectivity index (χ4n) is 4.67. The molecule has 2 bridgehead atoms. The monoisotopic (exact) mass is 468 g/mol. The van der Waals surface area contributed by atoms with Gasteiger partial charge in [0.2, 0.25) is 0 Å². The maximum Gasteiger partial charge on any atom is 0.329 e. The molecule has 176 valence electrons. The van der Waals surface area contributed by atoms with Crippen LogP contribution in [0.3, 0.4) is 0 Å². The van der Waals surface area contributed by atoms with Gasteiger partial charge in [-0.25, -0.2) is 23.5 Å². The second-order valence-corrected chi connectivity index (χ2v) is 8.99. The van der Waals surface area contributed by atoms with E-state index in [1.165, 1.54) is 6.07 Å². The highest BCUT2D eigenvalue weighted by molar-refractivity contribution is 6.07. The number of carbonyl (C=O) groups is 2. The van der Waals surface area contributed by atoms with Gasteiger partial charge in [0.25, 0.3) is 11.8 Å². The summed E-state index contributed by atoms with van der Waals surface area (Å²) in [5.41, 5.74) is 2.10. The molecule has 5 heterocycles. The average Bonchev–Trinajstić information content (AvgIpc) is 3.22. The number of nitrogens with one attached hydrogen (secondary N) is 3. The number of nitrogens with zero attached hydrogens (tertiary/aromatic N) is 5. The number of piperidine rings is 1. The van der Waals surface area contributed by atoms with E-state index in [4.69, 9.17) is 0 Å². The molecule has 0 radical (unpaired) electrons. The topological polar surface area (TPSA) is 119 Å². The van der Waals surface area contributed by atoms with Crippen molar-refractivity contribution in [2.45, 2.75) is 44.2 Å². The minimum Gasteiger partial charge on any atom is -0.366 e. The minimum atomic E-state index is -2.88. The van der Waals surface area contributed by atoms with Crippen LogP contribution < -0.4 is 20.4 Å². The smallest absolute Gasteiger partial charge is 0.329 e. The molecule has 1 unspecified atom stereocenters. The number of H-pyrrole nitrogens is 1. The number of aryl methyl sites for hydroxylation is 1. The molecule has 1 aliphatic carbocycles. The van der Waals surface area contributed by atoms with Crippen molar-refractivity contribution in [3.05, 3.63) is 35.7 Å². The van der Waals surface area contributed by atoms with E-state index in [-0.39, 0.29) is 18.2 Å². The third-order valence-corrected chi connectivity index (χ3v) is 6.56. The molecule has 1 saturated heterocycles. The summed E-state index contributed by atoms with van der Waals surface area (Å²) < 4.78 is 26.5. The van der Waals surface area contributed by atoms with Gasteiger partial charge < -0.3 is 10.2 Å². The highest BCUT2D eigenvalue weighted by Crippen LogP contribution is 2.42. The van der Waals surface area contributed by atoms with Crippen molar-refractivity contribution >= 4 is 40.3 Å². The standard InChI is InChI=1S/C22H22F2N8O2/c1-11-4-5-13-17(25-11)29-30-18(13)28-21(34)32-12-3-2-8-31(10-12)15-7-6-14(26-19(15)32)20(33)27-16-9-22(16,23)24/h4-7,12,16H,2-3,8-10H2,1H3,(H,27,33)(H2,25,28,29,30,34)/t12-,16?/m0/s1. The molecule has 2 atom stereocenters. The molecule has 3 aliphatic rings. The molecule has 3 aromatic heterocycles. The third kappa shape index (κ3) is 3.40. The largest absolute Gasteiger partial charge is 0.366 e. The van der Waals surface area contributed by atoms with Crippen molar-refractivity contribution in [3.8, 4) is 0 Å². The maximum absolute atomic E-state index is 13.5. The lowest BCUT2D eigenvalue weighted by Crippen LogP contribution is -2.56. The van der Waals surface area contributed by atoms with E-state index in [0.29, 0.717) is 29.2 Å². The highest BCUT2D eigenvalue weighted by atomic mass is 19.3. The predicted octanol–water partition coefficient (Wildman–Crippen LogP) is 2.82. The van der Waals surface area contributed by atoms with Gasteiger partial charge in [-0.05, 0) is 44.0 Å². The summed E-state index contributed by atoms with van der Waals surface area (Å²) in [6.07, 6.45) is 1.30. The Morgan fingerprint density at radius 3 is 2.82 bits per heavy atom. The molecule has 6 rings (SSSR count). The van der Waals surface area contributed by atoms with E-state index in [2.05, 4.69) is 35.7 Å². The van der Waals surface area contributed by atoms with Gasteiger partial charge in [-0.2, -0.15) is 5.10 Å². The lowest BCUT2D eigenvalue weighted by Gasteiger charge is -2.45. The summed E-state index contributed by atoms with van der Waals surface area (Å²) in [4.78, 5) is 38.5. The van der Waals surface area contributed by atoms with Crippen molar-refractivity contribution in [2.75, 3.05) is 28.2 Å². The van der Waals surface area contributed by atoms with Crippen LogP contribution in [0.15, 0.2) is 24.3 Å². The number of halogens is 2. The van der Waals surface area contributed by atoms with Crippen LogP contribution in [0.1, 0.15) is 35.4 Å². The van der Waals surface area contributed by atoms with Crippen LogP contribution >= 0.6 is 0 Å². The average molecular weight is 468 g/mol. The zero-order valence-corrected chi connectivity index (χ0v) is 18.3. The van der Waals surface area contributed by atoms with E-state index in [1.807, 2.05) is 19.1 Å². The van der Waals surface area contributed by atoms with Gasteiger partial charge in [-0.15, -0.1) is 0 Å². The van der Waals surface area contributed by atoms with E-state index >= 15 is 0 Å². The van der Waals surface area contributed by atoms with Gasteiger partial charge in [-0.3, -0.25) is 20.1 Å². The van der Waals surface area contributed by atoms with Gasteiger partial charge in [0, 0.05) is 25.2 Å². The van der Waals surface area contributed by atoms with Crippen LogP contribution in [0.2, 0.25) is 0 Å². The van der Waals surface area contributed by atoms with E-state index in [1.54, 1.807) is 11.0 Å². The first kappa shape index (κ1) is 20.8. The SMILES string of the molecule is Cc1ccc2c(NC(=O)N3c4nc(C(=O)NC5CC5(F)F)ccc4N4CCC[C@H]3C4)n[nH]c2n1. The van der Waals surface area contributed by atoms with Crippen molar-refractivity contribution in [3.63, 3.8) is 0 Å². The first-order chi connectivity index (χ1) is 16.3. The van der Waals surface area contributed by atoms with E-state index in [9.17, 15) is 18.4 Å². The Morgan fingerprint density at radius 2 is 2.03 bits per heavy atom. The first-order valence-corrected chi connectivity index (χ1v) is 11.2. The second-order valence-electron chi connectivity index (χ2n) is 8.99. The van der Waals surface area contributed by atoms with E-state index in [0.717, 1.165) is 30.8 Å². The lowest BCUT2D eigenvalue weighted by molar-refractivity contribution is 0.0845. The summed E-state index contributed by atoms with van der Waals surface area (Å²) >= 11 is 0. The Morgan fingerprint density at radius 1 is 1.21 bits per heavy atom. The molecule has 0 aromatic carbocycles. The molecule has 12 heteroatoms. The van der Waals surface area contributed by atoms with Crippen LogP contribution in [0.5, 0.6) is 0 Å². The zero-order chi connectivity index (χ0) is 23.6. The normalized spacial score (nSPS) is 22.3. The Balaban J connectivity index is 1.32. The predicted molar refractivity (Wildman–Crippen MR) is 120 cm³/mol. The first-order valence-electron chi connectivity index (χ1n) is 11.2. The van der Waals surface area contributed by atoms with Crippen molar-refractivity contribution in [2.24, 2.45) is 0 Å². The molecular formula is C22H22F2N8O2. The van der Waals surface area contributed by atoms with Gasteiger partial charge in [0.05, 0.1) is 23.2 Å². The second kappa shape index (κ2) is 7.34. The molecular weight excluding hydrogens is 446 g/mol. The number of carbonyl (C=O) groups excluding carboxylic acids is 2. The van der Waals surface area contributed by atoms with Gasteiger partial charge in [0.15, 0.2) is 17.3 Å². The molecule has 10 nitrogen and oxygen atoms in total. The molecule has 2 aliphatic heterocycles. The number of urea groups is 1. The van der Waals surface area contributed by atoms with Crippen LogP contribution in [0.25, 0.3) is 11.0 Å². The number of anilines is 3. The Kier molecular flexibility index (Phi) is 4.48. The number of aromatic nitrogens is 4. The molecule has 3 N–H and O–H groups in total. The number of fused-ring (bicyclic) bond motifs is 5. The summed E-state index contributed by atoms with van der Waals surface area (Å²) in [5.74, 6) is -2.89. The quantitative estimate of drug-likeness (QED) is 0.544. The van der Waals surface area contributed by atoms with Crippen molar-refractivity contribution < 1.29 is 18.4 Å². The number of amides is 3. The van der Waals surface area contributed by atoms with Crippen molar-refractivity contribution in [1.29, 1.82) is 0 Å². The van der Waals surface area contributed by atoms with Crippen LogP contribution in [0.4, 0.5) is 30.9 Å². The lowest BCUT2D eigenvalue weighted by atomic mass is 9.99. The summed E-state index contributed by atoms with van der Waals surface area (Å²) in [7, 11) is 0. The molecule has 2 fully saturated rings. The molecule has 3 aromatic rings.